The third-order valence-electron chi connectivity index (χ3n) is 4.05. The lowest BCUT2D eigenvalue weighted by atomic mass is 9.96. The molecule has 2 saturated heterocycles. The van der Waals surface area contributed by atoms with Gasteiger partial charge in [0, 0.05) is 6.29 Å². The van der Waals surface area contributed by atoms with Crippen LogP contribution in [0, 0.1) is 0 Å². The number of ether oxygens (including phenoxy) is 3. The Morgan fingerprint density at radius 1 is 0.870 bits per heavy atom. The summed E-state index contributed by atoms with van der Waals surface area (Å²) in [5.41, 5.74) is 5.60. The summed E-state index contributed by atoms with van der Waals surface area (Å²) >= 11 is 0. The first-order chi connectivity index (χ1) is 10.8. The van der Waals surface area contributed by atoms with E-state index in [1.54, 1.807) is 0 Å². The lowest BCUT2D eigenvalue weighted by molar-refractivity contribution is -0.540. The smallest absolute Gasteiger partial charge is 0.186 e. The summed E-state index contributed by atoms with van der Waals surface area (Å²) in [5, 5.41) is 69.3. The maximum atomic E-state index is 11.9. The molecule has 0 saturated carbocycles. The molecule has 0 aromatic heterocycles. The molecular formula is C12H22NO10-. The number of aliphatic hydroxyl groups is 6. The van der Waals surface area contributed by atoms with E-state index in [0.29, 0.717) is 0 Å². The molecule has 0 aliphatic carbocycles. The van der Waals surface area contributed by atoms with E-state index in [4.69, 9.17) is 30.2 Å². The average molecular weight is 340 g/mol. The SMILES string of the molecule is N[C@@H]1[C@@H](O)[C@@H](O[C@@H]2[C@@H](O)[C@H](O)[C@@H](CO)O[C@@H]2[O-])O[C@H](CO)[C@H]1O. The minimum Gasteiger partial charge on any atom is -0.829 e. The highest BCUT2D eigenvalue weighted by molar-refractivity contribution is 4.94. The summed E-state index contributed by atoms with van der Waals surface area (Å²) in [4.78, 5) is 0. The topological polar surface area (TPSA) is 198 Å². The number of aliphatic hydroxyl groups excluding tert-OH is 6. The number of hydrogen-bond acceptors (Lipinski definition) is 11. The zero-order valence-electron chi connectivity index (χ0n) is 12.1. The van der Waals surface area contributed by atoms with Crippen LogP contribution in [-0.4, -0.2) is 105 Å². The molecule has 0 amide bonds. The second kappa shape index (κ2) is 7.63. The molecule has 2 heterocycles. The maximum absolute atomic E-state index is 11.9. The lowest BCUT2D eigenvalue weighted by Crippen LogP contribution is -2.67. The van der Waals surface area contributed by atoms with Crippen molar-refractivity contribution in [1.29, 1.82) is 0 Å². The largest absolute Gasteiger partial charge is 0.829 e. The van der Waals surface area contributed by atoms with E-state index in [9.17, 15) is 25.5 Å². The molecule has 0 radical (unpaired) electrons. The van der Waals surface area contributed by atoms with Gasteiger partial charge in [0.15, 0.2) is 6.29 Å². The fourth-order valence-corrected chi connectivity index (χ4v) is 2.58. The van der Waals surface area contributed by atoms with Gasteiger partial charge in [-0.1, -0.05) is 0 Å². The molecule has 0 spiro atoms. The van der Waals surface area contributed by atoms with Gasteiger partial charge in [-0.2, -0.15) is 0 Å². The molecular weight excluding hydrogens is 318 g/mol. The normalized spacial score (nSPS) is 51.7. The first-order valence-corrected chi connectivity index (χ1v) is 7.13. The Labute approximate surface area is 131 Å². The summed E-state index contributed by atoms with van der Waals surface area (Å²) < 4.78 is 15.1. The molecule has 0 unspecified atom stereocenters. The zero-order valence-corrected chi connectivity index (χ0v) is 12.1. The average Bonchev–Trinajstić information content (AvgIpc) is 2.54. The fraction of sp³-hybridized carbons (Fsp3) is 1.00. The minimum absolute atomic E-state index is 0.610. The lowest BCUT2D eigenvalue weighted by Gasteiger charge is -2.48. The minimum atomic E-state index is -1.96. The molecule has 0 bridgehead atoms. The van der Waals surface area contributed by atoms with E-state index < -0.39 is 74.6 Å². The maximum Gasteiger partial charge on any atom is 0.186 e. The summed E-state index contributed by atoms with van der Waals surface area (Å²) in [6.07, 6.45) is -13.7. The summed E-state index contributed by atoms with van der Waals surface area (Å²) in [7, 11) is 0. The van der Waals surface area contributed by atoms with Crippen LogP contribution in [0.2, 0.25) is 0 Å². The Morgan fingerprint density at radius 2 is 1.43 bits per heavy atom. The predicted molar refractivity (Wildman–Crippen MR) is 68.4 cm³/mol. The fourth-order valence-electron chi connectivity index (χ4n) is 2.58. The van der Waals surface area contributed by atoms with Crippen LogP contribution < -0.4 is 10.8 Å². The summed E-state index contributed by atoms with van der Waals surface area (Å²) in [6.45, 7) is -1.28. The Balaban J connectivity index is 2.08. The summed E-state index contributed by atoms with van der Waals surface area (Å²) in [5.74, 6) is 0. The van der Waals surface area contributed by atoms with Crippen molar-refractivity contribution in [3.05, 3.63) is 0 Å². The molecule has 8 N–H and O–H groups in total. The van der Waals surface area contributed by atoms with E-state index in [2.05, 4.69) is 0 Å². The van der Waals surface area contributed by atoms with Crippen LogP contribution in [0.25, 0.3) is 0 Å². The van der Waals surface area contributed by atoms with Crippen LogP contribution in [0.4, 0.5) is 0 Å². The van der Waals surface area contributed by atoms with Gasteiger partial charge in [-0.15, -0.1) is 0 Å². The summed E-state index contributed by atoms with van der Waals surface area (Å²) in [6, 6.07) is -1.22. The molecule has 0 aromatic rings. The molecule has 11 heteroatoms. The van der Waals surface area contributed by atoms with Gasteiger partial charge in [0.05, 0.1) is 19.3 Å². The highest BCUT2D eigenvalue weighted by Gasteiger charge is 2.47. The van der Waals surface area contributed by atoms with Crippen LogP contribution in [-0.2, 0) is 14.2 Å². The van der Waals surface area contributed by atoms with Crippen LogP contribution in [0.1, 0.15) is 0 Å². The molecule has 23 heavy (non-hydrogen) atoms. The van der Waals surface area contributed by atoms with E-state index in [0.717, 1.165) is 0 Å². The monoisotopic (exact) mass is 340 g/mol. The third kappa shape index (κ3) is 3.65. The van der Waals surface area contributed by atoms with Crippen LogP contribution in [0.3, 0.4) is 0 Å². The molecule has 2 aliphatic rings. The van der Waals surface area contributed by atoms with Crippen molar-refractivity contribution >= 4 is 0 Å². The second-order valence-corrected chi connectivity index (χ2v) is 5.59. The molecule has 2 fully saturated rings. The molecule has 136 valence electrons. The van der Waals surface area contributed by atoms with Crippen molar-refractivity contribution < 1.29 is 50.0 Å². The predicted octanol–water partition coefficient (Wildman–Crippen LogP) is -6.06. The van der Waals surface area contributed by atoms with Crippen molar-refractivity contribution in [2.24, 2.45) is 5.73 Å². The van der Waals surface area contributed by atoms with Gasteiger partial charge in [0.1, 0.15) is 42.7 Å². The van der Waals surface area contributed by atoms with E-state index in [-0.39, 0.29) is 0 Å². The van der Waals surface area contributed by atoms with E-state index in [1.807, 2.05) is 0 Å². The Bertz CT molecular complexity index is 385. The number of nitrogens with two attached hydrogens (primary N) is 1. The zero-order chi connectivity index (χ0) is 17.3. The van der Waals surface area contributed by atoms with Gasteiger partial charge < -0.3 is 55.7 Å². The van der Waals surface area contributed by atoms with Gasteiger partial charge in [-0.05, 0) is 0 Å². The van der Waals surface area contributed by atoms with E-state index in [1.165, 1.54) is 0 Å². The van der Waals surface area contributed by atoms with Gasteiger partial charge >= 0.3 is 0 Å². The van der Waals surface area contributed by atoms with Gasteiger partial charge in [-0.25, -0.2) is 0 Å². The molecule has 10 atom stereocenters. The first kappa shape index (κ1) is 18.9. The van der Waals surface area contributed by atoms with Crippen LogP contribution in [0.5, 0.6) is 0 Å². The quantitative estimate of drug-likeness (QED) is 0.257. The van der Waals surface area contributed by atoms with Crippen molar-refractivity contribution in [2.45, 2.75) is 61.3 Å². The Morgan fingerprint density at radius 3 is 2.00 bits per heavy atom. The Kier molecular flexibility index (Phi) is 6.27. The highest BCUT2D eigenvalue weighted by Crippen LogP contribution is 2.26. The van der Waals surface area contributed by atoms with Crippen molar-refractivity contribution in [3.63, 3.8) is 0 Å². The van der Waals surface area contributed by atoms with Gasteiger partial charge in [0.25, 0.3) is 0 Å². The van der Waals surface area contributed by atoms with Crippen molar-refractivity contribution in [1.82, 2.24) is 0 Å². The van der Waals surface area contributed by atoms with Crippen LogP contribution in [0.15, 0.2) is 0 Å². The molecule has 11 nitrogen and oxygen atoms in total. The standard InChI is InChI=1S/C12H22NO10/c13-5-6(16)3(1-14)22-12(8(5)18)23-10-9(19)7(17)4(2-15)21-11(10)20/h3-12,14-19H,1-2,13H2/q-1/t3-,4-,5+,6-,7-,8-,9+,10-,11+,12-/m1/s1. The molecule has 0 aromatic carbocycles. The first-order valence-electron chi connectivity index (χ1n) is 7.13. The van der Waals surface area contributed by atoms with Gasteiger partial charge in [0.2, 0.25) is 0 Å². The third-order valence-corrected chi connectivity index (χ3v) is 4.05. The van der Waals surface area contributed by atoms with Crippen molar-refractivity contribution in [2.75, 3.05) is 13.2 Å². The molecule has 2 aliphatic heterocycles. The highest BCUT2D eigenvalue weighted by atomic mass is 16.7. The van der Waals surface area contributed by atoms with Crippen molar-refractivity contribution in [3.8, 4) is 0 Å². The van der Waals surface area contributed by atoms with Gasteiger partial charge in [-0.3, -0.25) is 0 Å². The number of rotatable bonds is 4. The second-order valence-electron chi connectivity index (χ2n) is 5.59. The van der Waals surface area contributed by atoms with Crippen LogP contribution >= 0.6 is 0 Å². The van der Waals surface area contributed by atoms with E-state index >= 15 is 0 Å². The number of hydrogen-bond donors (Lipinski definition) is 7. The molecule has 2 rings (SSSR count). The Hall–Kier alpha value is -0.440.